The number of nitrogens with one attached hydrogen (secondary N) is 1. The molecule has 0 atom stereocenters. The number of aryl methyl sites for hydroxylation is 1. The van der Waals surface area contributed by atoms with Gasteiger partial charge in [0.1, 0.15) is 11.6 Å². The molecule has 4 rings (SSSR count). The number of benzene rings is 2. The standard InChI is InChI=1S/C23H20ClFN4O2/c1-3-8-29(12-21-27-19-10-14(24)4-6-17(19)22(30)28-21)23(31)18-9-13(2)26-20-11-15(25)5-7-16(18)20/h4-7,9-11H,3,8,12H2,1-2H3,(H,27,28,30). The minimum Gasteiger partial charge on any atom is -0.331 e. The lowest BCUT2D eigenvalue weighted by Gasteiger charge is -2.22. The molecular weight excluding hydrogens is 419 g/mol. The average molecular weight is 439 g/mol. The van der Waals surface area contributed by atoms with Gasteiger partial charge in [-0.2, -0.15) is 0 Å². The van der Waals surface area contributed by atoms with Crippen LogP contribution in [-0.2, 0) is 6.54 Å². The van der Waals surface area contributed by atoms with Gasteiger partial charge in [-0.15, -0.1) is 0 Å². The topological polar surface area (TPSA) is 79.0 Å². The van der Waals surface area contributed by atoms with E-state index in [1.165, 1.54) is 12.1 Å². The number of fused-ring (bicyclic) bond motifs is 2. The largest absolute Gasteiger partial charge is 0.331 e. The van der Waals surface area contributed by atoms with Gasteiger partial charge in [-0.3, -0.25) is 14.6 Å². The summed E-state index contributed by atoms with van der Waals surface area (Å²) in [6.07, 6.45) is 0.714. The van der Waals surface area contributed by atoms with E-state index in [4.69, 9.17) is 11.6 Å². The Kier molecular flexibility index (Phi) is 5.69. The second-order valence-corrected chi connectivity index (χ2v) is 7.81. The zero-order chi connectivity index (χ0) is 22.1. The van der Waals surface area contributed by atoms with Crippen LogP contribution < -0.4 is 5.56 Å². The molecule has 0 fully saturated rings. The maximum Gasteiger partial charge on any atom is 0.258 e. The molecule has 8 heteroatoms. The summed E-state index contributed by atoms with van der Waals surface area (Å²) in [5, 5.41) is 1.48. The van der Waals surface area contributed by atoms with E-state index in [9.17, 15) is 14.0 Å². The Morgan fingerprint density at radius 1 is 1.10 bits per heavy atom. The molecule has 2 aromatic carbocycles. The number of pyridine rings is 1. The van der Waals surface area contributed by atoms with Gasteiger partial charge in [0.15, 0.2) is 0 Å². The Bertz CT molecular complexity index is 1360. The molecule has 0 aliphatic carbocycles. The fourth-order valence-corrected chi connectivity index (χ4v) is 3.79. The maximum atomic E-state index is 13.7. The predicted molar refractivity (Wildman–Crippen MR) is 119 cm³/mol. The molecule has 158 valence electrons. The molecule has 2 aromatic heterocycles. The fourth-order valence-electron chi connectivity index (χ4n) is 3.62. The van der Waals surface area contributed by atoms with Crippen molar-refractivity contribution < 1.29 is 9.18 Å². The number of hydrogen-bond donors (Lipinski definition) is 1. The van der Waals surface area contributed by atoms with Crippen molar-refractivity contribution in [3.63, 3.8) is 0 Å². The summed E-state index contributed by atoms with van der Waals surface area (Å²) >= 11 is 6.04. The summed E-state index contributed by atoms with van der Waals surface area (Å²) in [5.74, 6) is -0.286. The highest BCUT2D eigenvalue weighted by Gasteiger charge is 2.20. The van der Waals surface area contributed by atoms with E-state index in [1.807, 2.05) is 6.92 Å². The van der Waals surface area contributed by atoms with Gasteiger partial charge in [-0.1, -0.05) is 18.5 Å². The lowest BCUT2D eigenvalue weighted by atomic mass is 10.1. The van der Waals surface area contributed by atoms with E-state index < -0.39 is 5.82 Å². The SMILES string of the molecule is CCCN(Cc1nc2cc(Cl)ccc2c(=O)[nH]1)C(=O)c1cc(C)nc2cc(F)ccc12. The van der Waals surface area contributed by atoms with Gasteiger partial charge < -0.3 is 9.88 Å². The first-order chi connectivity index (χ1) is 14.9. The Morgan fingerprint density at radius 3 is 2.61 bits per heavy atom. The second kappa shape index (κ2) is 8.43. The van der Waals surface area contributed by atoms with Crippen LogP contribution in [0.4, 0.5) is 4.39 Å². The summed E-state index contributed by atoms with van der Waals surface area (Å²) in [4.78, 5) is 39.1. The number of aromatic nitrogens is 3. The smallest absolute Gasteiger partial charge is 0.258 e. The van der Waals surface area contributed by atoms with Crippen molar-refractivity contribution in [2.24, 2.45) is 0 Å². The molecule has 0 aliphatic rings. The monoisotopic (exact) mass is 438 g/mol. The Hall–Kier alpha value is -3.32. The number of aromatic amines is 1. The van der Waals surface area contributed by atoms with Crippen molar-refractivity contribution in [3.8, 4) is 0 Å². The van der Waals surface area contributed by atoms with Crippen LogP contribution in [0.25, 0.3) is 21.8 Å². The normalized spacial score (nSPS) is 11.2. The third-order valence-electron chi connectivity index (χ3n) is 4.97. The van der Waals surface area contributed by atoms with E-state index in [0.29, 0.717) is 56.9 Å². The zero-order valence-corrected chi connectivity index (χ0v) is 17.8. The number of amides is 1. The molecule has 0 unspecified atom stereocenters. The van der Waals surface area contributed by atoms with Gasteiger partial charge in [0.25, 0.3) is 11.5 Å². The van der Waals surface area contributed by atoms with Crippen LogP contribution in [0.2, 0.25) is 5.02 Å². The van der Waals surface area contributed by atoms with E-state index >= 15 is 0 Å². The van der Waals surface area contributed by atoms with Gasteiger partial charge in [0.2, 0.25) is 0 Å². The van der Waals surface area contributed by atoms with Crippen LogP contribution in [-0.4, -0.2) is 32.3 Å². The molecule has 0 aliphatic heterocycles. The number of halogens is 2. The van der Waals surface area contributed by atoms with Gasteiger partial charge in [-0.25, -0.2) is 9.37 Å². The quantitative estimate of drug-likeness (QED) is 0.493. The molecule has 1 amide bonds. The second-order valence-electron chi connectivity index (χ2n) is 7.37. The fraction of sp³-hybridized carbons (Fsp3) is 0.217. The molecule has 2 heterocycles. The van der Waals surface area contributed by atoms with Crippen molar-refractivity contribution in [1.29, 1.82) is 0 Å². The Balaban J connectivity index is 1.75. The molecule has 0 saturated heterocycles. The summed E-state index contributed by atoms with van der Waals surface area (Å²) in [6.45, 7) is 4.30. The van der Waals surface area contributed by atoms with E-state index in [0.717, 1.165) is 0 Å². The van der Waals surface area contributed by atoms with Crippen LogP contribution in [0, 0.1) is 12.7 Å². The van der Waals surface area contributed by atoms with Gasteiger partial charge in [0.05, 0.1) is 28.5 Å². The van der Waals surface area contributed by atoms with Crippen LogP contribution in [0.5, 0.6) is 0 Å². The molecule has 31 heavy (non-hydrogen) atoms. The van der Waals surface area contributed by atoms with Crippen molar-refractivity contribution in [3.05, 3.63) is 80.7 Å². The van der Waals surface area contributed by atoms with Crippen molar-refractivity contribution in [2.45, 2.75) is 26.8 Å². The van der Waals surface area contributed by atoms with Crippen LogP contribution in [0.3, 0.4) is 0 Å². The summed E-state index contributed by atoms with van der Waals surface area (Å²) in [7, 11) is 0. The highest BCUT2D eigenvalue weighted by Crippen LogP contribution is 2.22. The molecule has 0 bridgehead atoms. The van der Waals surface area contributed by atoms with Gasteiger partial charge >= 0.3 is 0 Å². The first-order valence-corrected chi connectivity index (χ1v) is 10.3. The van der Waals surface area contributed by atoms with Crippen LogP contribution >= 0.6 is 11.6 Å². The number of nitrogens with zero attached hydrogens (tertiary/aromatic N) is 3. The minimum absolute atomic E-state index is 0.119. The number of rotatable bonds is 5. The lowest BCUT2D eigenvalue weighted by molar-refractivity contribution is 0.0740. The molecule has 0 radical (unpaired) electrons. The third-order valence-corrected chi connectivity index (χ3v) is 5.20. The third kappa shape index (κ3) is 4.27. The summed E-state index contributed by atoms with van der Waals surface area (Å²) < 4.78 is 13.7. The number of carbonyl (C=O) groups is 1. The summed E-state index contributed by atoms with van der Waals surface area (Å²) in [5.41, 5.74) is 1.65. The number of H-pyrrole nitrogens is 1. The number of hydrogen-bond acceptors (Lipinski definition) is 4. The van der Waals surface area contributed by atoms with Crippen molar-refractivity contribution >= 4 is 39.3 Å². The summed E-state index contributed by atoms with van der Waals surface area (Å²) in [6, 6.07) is 10.8. The maximum absolute atomic E-state index is 13.7. The predicted octanol–water partition coefficient (Wildman–Crippen LogP) is 4.62. The Labute approximate surface area is 182 Å². The highest BCUT2D eigenvalue weighted by atomic mass is 35.5. The first-order valence-electron chi connectivity index (χ1n) is 9.90. The Morgan fingerprint density at radius 2 is 1.84 bits per heavy atom. The van der Waals surface area contributed by atoms with Gasteiger partial charge in [0, 0.05) is 28.7 Å². The average Bonchev–Trinajstić information content (AvgIpc) is 2.71. The molecular formula is C23H20ClFN4O2. The van der Waals surface area contributed by atoms with E-state index in [-0.39, 0.29) is 18.0 Å². The molecule has 1 N–H and O–H groups in total. The zero-order valence-electron chi connectivity index (χ0n) is 17.1. The lowest BCUT2D eigenvalue weighted by Crippen LogP contribution is -2.33. The van der Waals surface area contributed by atoms with Crippen molar-refractivity contribution in [2.75, 3.05) is 6.54 Å². The van der Waals surface area contributed by atoms with Crippen LogP contribution in [0.1, 0.15) is 35.2 Å². The van der Waals surface area contributed by atoms with Crippen LogP contribution in [0.15, 0.2) is 47.3 Å². The molecule has 4 aromatic rings. The molecule has 0 saturated carbocycles. The highest BCUT2D eigenvalue weighted by molar-refractivity contribution is 6.31. The van der Waals surface area contributed by atoms with Crippen molar-refractivity contribution in [1.82, 2.24) is 19.9 Å². The van der Waals surface area contributed by atoms with E-state index in [1.54, 1.807) is 42.2 Å². The first kappa shape index (κ1) is 20.9. The molecule has 0 spiro atoms. The van der Waals surface area contributed by atoms with Gasteiger partial charge in [-0.05, 0) is 49.7 Å². The minimum atomic E-state index is -0.411. The molecule has 6 nitrogen and oxygen atoms in total. The van der Waals surface area contributed by atoms with E-state index in [2.05, 4.69) is 15.0 Å². The number of carbonyl (C=O) groups excluding carboxylic acids is 1.